The number of anilines is 1. The molecule has 0 fully saturated rings. The van der Waals surface area contributed by atoms with E-state index in [0.717, 1.165) is 0 Å². The molecule has 0 bridgehead atoms. The van der Waals surface area contributed by atoms with E-state index < -0.39 is 0 Å². The van der Waals surface area contributed by atoms with Crippen molar-refractivity contribution in [1.29, 1.82) is 5.41 Å². The third-order valence-electron chi connectivity index (χ3n) is 1.45. The number of benzene rings is 1. The molecule has 3 nitrogen and oxygen atoms in total. The number of hydrogen-bond donors (Lipinski definition) is 2. The van der Waals surface area contributed by atoms with E-state index in [0.29, 0.717) is 17.0 Å². The molecule has 0 unspecified atom stereocenters. The molecular weight excluding hydrogens is 140 g/mol. The van der Waals surface area contributed by atoms with Crippen molar-refractivity contribution in [3.8, 4) is 5.75 Å². The Labute approximate surface area is 65.3 Å². The molecule has 58 valence electrons. The van der Waals surface area contributed by atoms with Crippen LogP contribution in [0.4, 0.5) is 5.69 Å². The molecule has 3 heteroatoms. The molecular formula is C8H10N2O. The second-order valence-corrected chi connectivity index (χ2v) is 2.14. The molecule has 0 aliphatic heterocycles. The molecule has 0 heterocycles. The van der Waals surface area contributed by atoms with Crippen LogP contribution in [0.5, 0.6) is 5.75 Å². The molecule has 3 N–H and O–H groups in total. The van der Waals surface area contributed by atoms with Gasteiger partial charge in [0.2, 0.25) is 0 Å². The highest BCUT2D eigenvalue weighted by Gasteiger charge is 1.96. The van der Waals surface area contributed by atoms with Gasteiger partial charge in [-0.15, -0.1) is 0 Å². The van der Waals surface area contributed by atoms with E-state index >= 15 is 0 Å². The summed E-state index contributed by atoms with van der Waals surface area (Å²) in [7, 11) is 1.58. The first kappa shape index (κ1) is 7.60. The number of nitrogens with one attached hydrogen (secondary N) is 1. The fourth-order valence-corrected chi connectivity index (χ4v) is 0.811. The minimum absolute atomic E-state index is 0.569. The van der Waals surface area contributed by atoms with Crippen molar-refractivity contribution in [3.63, 3.8) is 0 Å². The maximum atomic E-state index is 6.97. The predicted molar refractivity (Wildman–Crippen MR) is 45.3 cm³/mol. The number of nitrogens with two attached hydrogens (primary N) is 1. The van der Waals surface area contributed by atoms with E-state index in [1.54, 1.807) is 25.3 Å². The van der Waals surface area contributed by atoms with Gasteiger partial charge < -0.3 is 15.9 Å². The molecule has 0 saturated carbocycles. The molecule has 11 heavy (non-hydrogen) atoms. The first-order chi connectivity index (χ1) is 5.27. The van der Waals surface area contributed by atoms with Gasteiger partial charge in [-0.05, 0) is 12.1 Å². The predicted octanol–water partition coefficient (Wildman–Crippen LogP) is 1.28. The van der Waals surface area contributed by atoms with Gasteiger partial charge in [-0.25, -0.2) is 0 Å². The highest BCUT2D eigenvalue weighted by molar-refractivity contribution is 5.85. The lowest BCUT2D eigenvalue weighted by atomic mass is 10.2. The summed E-state index contributed by atoms with van der Waals surface area (Å²) < 4.78 is 4.94. The number of hydrogen-bond acceptors (Lipinski definition) is 3. The molecule has 0 amide bonds. The van der Waals surface area contributed by atoms with Crippen LogP contribution in [0.1, 0.15) is 5.56 Å². The molecule has 0 radical (unpaired) electrons. The second kappa shape index (κ2) is 3.05. The van der Waals surface area contributed by atoms with Gasteiger partial charge in [-0.2, -0.15) is 0 Å². The van der Waals surface area contributed by atoms with Crippen LogP contribution in [-0.2, 0) is 0 Å². The Balaban J connectivity index is 3.09. The Hall–Kier alpha value is -1.51. The molecule has 1 aromatic rings. The molecule has 1 aromatic carbocycles. The fourth-order valence-electron chi connectivity index (χ4n) is 0.811. The average Bonchev–Trinajstić information content (AvgIpc) is 2.04. The van der Waals surface area contributed by atoms with Crippen molar-refractivity contribution in [2.45, 2.75) is 0 Å². The zero-order valence-corrected chi connectivity index (χ0v) is 6.29. The molecule has 0 aliphatic rings. The first-order valence-electron chi connectivity index (χ1n) is 3.22. The molecule has 0 saturated heterocycles. The van der Waals surface area contributed by atoms with Gasteiger partial charge in [-0.3, -0.25) is 0 Å². The van der Waals surface area contributed by atoms with Gasteiger partial charge in [0.15, 0.2) is 0 Å². The quantitative estimate of drug-likeness (QED) is 0.492. The van der Waals surface area contributed by atoms with Crippen LogP contribution >= 0.6 is 0 Å². The van der Waals surface area contributed by atoms with Crippen molar-refractivity contribution in [3.05, 3.63) is 23.8 Å². The summed E-state index contributed by atoms with van der Waals surface area (Å²) in [5.74, 6) is 0.716. The topological polar surface area (TPSA) is 59.1 Å². The molecule has 0 aromatic heterocycles. The summed E-state index contributed by atoms with van der Waals surface area (Å²) in [5, 5.41) is 6.97. The van der Waals surface area contributed by atoms with Crippen LogP contribution in [-0.4, -0.2) is 13.3 Å². The number of rotatable bonds is 2. The van der Waals surface area contributed by atoms with Gasteiger partial charge >= 0.3 is 0 Å². The highest BCUT2D eigenvalue weighted by Crippen LogP contribution is 2.17. The summed E-state index contributed by atoms with van der Waals surface area (Å²) in [6.45, 7) is 0. The fraction of sp³-hybridized carbons (Fsp3) is 0.125. The standard InChI is InChI=1S/C8H10N2O/c1-11-7-3-2-6(5-9)8(10)4-7/h2-5,9H,10H2,1H3. The zero-order valence-electron chi connectivity index (χ0n) is 6.29. The number of methoxy groups -OCH3 is 1. The summed E-state index contributed by atoms with van der Waals surface area (Å²) >= 11 is 0. The minimum Gasteiger partial charge on any atom is -0.497 e. The third kappa shape index (κ3) is 1.49. The van der Waals surface area contributed by atoms with Gasteiger partial charge in [-0.1, -0.05) is 0 Å². The normalized spacial score (nSPS) is 9.18. The van der Waals surface area contributed by atoms with E-state index in [1.807, 2.05) is 0 Å². The smallest absolute Gasteiger partial charge is 0.120 e. The van der Waals surface area contributed by atoms with Crippen LogP contribution in [0.2, 0.25) is 0 Å². The monoisotopic (exact) mass is 150 g/mol. The lowest BCUT2D eigenvalue weighted by molar-refractivity contribution is 0.415. The summed E-state index contributed by atoms with van der Waals surface area (Å²) in [5.41, 5.74) is 6.86. The summed E-state index contributed by atoms with van der Waals surface area (Å²) in [6.07, 6.45) is 1.22. The Morgan fingerprint density at radius 2 is 2.27 bits per heavy atom. The first-order valence-corrected chi connectivity index (χ1v) is 3.22. The van der Waals surface area contributed by atoms with Gasteiger partial charge in [0.25, 0.3) is 0 Å². The van der Waals surface area contributed by atoms with Crippen molar-refractivity contribution in [2.24, 2.45) is 0 Å². The maximum Gasteiger partial charge on any atom is 0.120 e. The van der Waals surface area contributed by atoms with Crippen LogP contribution < -0.4 is 10.5 Å². The van der Waals surface area contributed by atoms with Crippen molar-refractivity contribution in [1.82, 2.24) is 0 Å². The Morgan fingerprint density at radius 3 is 2.73 bits per heavy atom. The molecule has 0 spiro atoms. The Bertz CT molecular complexity index is 271. The van der Waals surface area contributed by atoms with Crippen molar-refractivity contribution in [2.75, 3.05) is 12.8 Å². The lowest BCUT2D eigenvalue weighted by Crippen LogP contribution is -1.93. The van der Waals surface area contributed by atoms with Gasteiger partial charge in [0, 0.05) is 23.5 Å². The van der Waals surface area contributed by atoms with Gasteiger partial charge in [0.05, 0.1) is 7.11 Å². The molecule has 1 rings (SSSR count). The minimum atomic E-state index is 0.569. The van der Waals surface area contributed by atoms with E-state index in [1.165, 1.54) is 6.21 Å². The van der Waals surface area contributed by atoms with Gasteiger partial charge in [0.1, 0.15) is 5.75 Å². The SMILES string of the molecule is COc1ccc(C=N)c(N)c1. The van der Waals surface area contributed by atoms with Crippen LogP contribution in [0.25, 0.3) is 0 Å². The summed E-state index contributed by atoms with van der Waals surface area (Å²) in [4.78, 5) is 0. The van der Waals surface area contributed by atoms with Crippen LogP contribution in [0.3, 0.4) is 0 Å². The van der Waals surface area contributed by atoms with E-state index in [4.69, 9.17) is 15.9 Å². The largest absolute Gasteiger partial charge is 0.497 e. The Morgan fingerprint density at radius 1 is 1.55 bits per heavy atom. The molecule has 0 atom stereocenters. The third-order valence-corrected chi connectivity index (χ3v) is 1.45. The van der Waals surface area contributed by atoms with Crippen LogP contribution in [0, 0.1) is 5.41 Å². The summed E-state index contributed by atoms with van der Waals surface area (Å²) in [6, 6.07) is 5.22. The maximum absolute atomic E-state index is 6.97. The number of ether oxygens (including phenoxy) is 1. The highest BCUT2D eigenvalue weighted by atomic mass is 16.5. The zero-order chi connectivity index (χ0) is 8.27. The van der Waals surface area contributed by atoms with E-state index in [9.17, 15) is 0 Å². The molecule has 0 aliphatic carbocycles. The van der Waals surface area contributed by atoms with Crippen LogP contribution in [0.15, 0.2) is 18.2 Å². The van der Waals surface area contributed by atoms with Crippen molar-refractivity contribution >= 4 is 11.9 Å². The van der Waals surface area contributed by atoms with E-state index in [2.05, 4.69) is 0 Å². The Kier molecular flexibility index (Phi) is 2.11. The van der Waals surface area contributed by atoms with E-state index in [-0.39, 0.29) is 0 Å². The lowest BCUT2D eigenvalue weighted by Gasteiger charge is -2.02. The van der Waals surface area contributed by atoms with Crippen molar-refractivity contribution < 1.29 is 4.74 Å². The average molecular weight is 150 g/mol. The number of nitrogen functional groups attached to an aromatic ring is 1. The second-order valence-electron chi connectivity index (χ2n) is 2.14.